The first-order chi connectivity index (χ1) is 9.88. The Balaban J connectivity index is 1.85. The number of hydrogen-bond donors (Lipinski definition) is 2. The fourth-order valence-corrected chi connectivity index (χ4v) is 1.96. The molecule has 2 amide bonds. The molecule has 0 spiro atoms. The Hall–Kier alpha value is -2.17. The molecule has 0 fully saturated rings. The van der Waals surface area contributed by atoms with Gasteiger partial charge in [0.2, 0.25) is 10.9 Å². The third-order valence-corrected chi connectivity index (χ3v) is 3.24. The lowest BCUT2D eigenvalue weighted by molar-refractivity contribution is -0.155. The SMILES string of the molecule is CCc1nnc(NC(=O)NCc2cc(C(F)(F)F)on2)s1. The van der Waals surface area contributed by atoms with Gasteiger partial charge < -0.3 is 9.84 Å². The van der Waals surface area contributed by atoms with E-state index in [2.05, 4.69) is 30.5 Å². The van der Waals surface area contributed by atoms with Crippen molar-refractivity contribution in [1.29, 1.82) is 0 Å². The number of alkyl halides is 3. The van der Waals surface area contributed by atoms with E-state index < -0.39 is 18.0 Å². The maximum absolute atomic E-state index is 12.3. The van der Waals surface area contributed by atoms with Gasteiger partial charge in [0.1, 0.15) is 10.7 Å². The van der Waals surface area contributed by atoms with Crippen LogP contribution in [0.3, 0.4) is 0 Å². The van der Waals surface area contributed by atoms with E-state index in [0.717, 1.165) is 11.1 Å². The summed E-state index contributed by atoms with van der Waals surface area (Å²) in [5.74, 6) is -1.21. The molecule has 0 atom stereocenters. The van der Waals surface area contributed by atoms with Crippen molar-refractivity contribution >= 4 is 22.5 Å². The lowest BCUT2D eigenvalue weighted by Crippen LogP contribution is -2.28. The number of carbonyl (C=O) groups excluding carboxylic acids is 1. The molecule has 0 aromatic carbocycles. The van der Waals surface area contributed by atoms with Crippen molar-refractivity contribution in [3.63, 3.8) is 0 Å². The molecule has 0 saturated heterocycles. The third-order valence-electron chi connectivity index (χ3n) is 2.26. The Kier molecular flexibility index (Phi) is 4.40. The molecule has 114 valence electrons. The van der Waals surface area contributed by atoms with E-state index in [4.69, 9.17) is 0 Å². The van der Waals surface area contributed by atoms with Crippen molar-refractivity contribution in [1.82, 2.24) is 20.7 Å². The normalized spacial score (nSPS) is 11.4. The summed E-state index contributed by atoms with van der Waals surface area (Å²) in [6.45, 7) is 1.69. The number of urea groups is 1. The van der Waals surface area contributed by atoms with E-state index in [1.165, 1.54) is 11.3 Å². The van der Waals surface area contributed by atoms with Gasteiger partial charge in [-0.3, -0.25) is 5.32 Å². The van der Waals surface area contributed by atoms with Crippen molar-refractivity contribution in [2.45, 2.75) is 26.1 Å². The predicted molar refractivity (Wildman–Crippen MR) is 66.7 cm³/mol. The first kappa shape index (κ1) is 15.2. The molecular weight excluding hydrogens is 311 g/mol. The number of carbonyl (C=O) groups is 1. The zero-order valence-corrected chi connectivity index (χ0v) is 11.5. The molecule has 0 radical (unpaired) electrons. The molecule has 7 nitrogen and oxygen atoms in total. The average Bonchev–Trinajstić information content (AvgIpc) is 3.04. The lowest BCUT2D eigenvalue weighted by Gasteiger charge is -2.02. The van der Waals surface area contributed by atoms with E-state index in [9.17, 15) is 18.0 Å². The molecule has 0 aliphatic carbocycles. The Morgan fingerprint density at radius 2 is 2.19 bits per heavy atom. The average molecular weight is 321 g/mol. The zero-order valence-electron chi connectivity index (χ0n) is 10.7. The number of nitrogens with one attached hydrogen (secondary N) is 2. The summed E-state index contributed by atoms with van der Waals surface area (Å²) >= 11 is 1.21. The number of halogens is 3. The van der Waals surface area contributed by atoms with Crippen LogP contribution in [0.1, 0.15) is 23.4 Å². The second-order valence-electron chi connectivity index (χ2n) is 3.84. The maximum Gasteiger partial charge on any atom is 0.452 e. The van der Waals surface area contributed by atoms with Crippen molar-refractivity contribution in [3.8, 4) is 0 Å². The second kappa shape index (κ2) is 6.08. The number of rotatable bonds is 4. The monoisotopic (exact) mass is 321 g/mol. The van der Waals surface area contributed by atoms with Gasteiger partial charge in [-0.25, -0.2) is 4.79 Å². The molecule has 2 heterocycles. The maximum atomic E-state index is 12.3. The van der Waals surface area contributed by atoms with Crippen LogP contribution in [0.5, 0.6) is 0 Å². The van der Waals surface area contributed by atoms with Crippen LogP contribution in [0.25, 0.3) is 0 Å². The van der Waals surface area contributed by atoms with E-state index in [1.807, 2.05) is 6.92 Å². The second-order valence-corrected chi connectivity index (χ2v) is 4.90. The minimum Gasteiger partial charge on any atom is -0.351 e. The highest BCUT2D eigenvalue weighted by molar-refractivity contribution is 7.15. The number of aryl methyl sites for hydroxylation is 1. The van der Waals surface area contributed by atoms with Crippen LogP contribution < -0.4 is 10.6 Å². The van der Waals surface area contributed by atoms with Gasteiger partial charge in [-0.1, -0.05) is 23.4 Å². The summed E-state index contributed by atoms with van der Waals surface area (Å²) in [4.78, 5) is 11.5. The van der Waals surface area contributed by atoms with Gasteiger partial charge in [-0.05, 0) is 6.42 Å². The first-order valence-corrected chi connectivity index (χ1v) is 6.60. The zero-order chi connectivity index (χ0) is 15.5. The quantitative estimate of drug-likeness (QED) is 0.902. The Labute approximate surface area is 120 Å². The molecule has 2 aromatic heterocycles. The summed E-state index contributed by atoms with van der Waals surface area (Å²) in [5.41, 5.74) is -0.0380. The minimum absolute atomic E-state index is 0.0380. The Bertz CT molecular complexity index is 624. The van der Waals surface area contributed by atoms with Crippen LogP contribution >= 0.6 is 11.3 Å². The van der Waals surface area contributed by atoms with E-state index in [0.29, 0.717) is 11.6 Å². The van der Waals surface area contributed by atoms with Gasteiger partial charge in [0.25, 0.3) is 0 Å². The molecule has 11 heteroatoms. The van der Waals surface area contributed by atoms with Crippen LogP contribution in [0.2, 0.25) is 0 Å². The van der Waals surface area contributed by atoms with E-state index in [1.54, 1.807) is 0 Å². The molecule has 2 N–H and O–H groups in total. The van der Waals surface area contributed by atoms with Gasteiger partial charge in [0, 0.05) is 6.07 Å². The Morgan fingerprint density at radius 1 is 1.43 bits per heavy atom. The van der Waals surface area contributed by atoms with Crippen LogP contribution in [-0.4, -0.2) is 21.4 Å². The molecule has 0 saturated carbocycles. The third kappa shape index (κ3) is 4.15. The van der Waals surface area contributed by atoms with Gasteiger partial charge in [0.05, 0.1) is 6.54 Å². The fourth-order valence-electron chi connectivity index (χ4n) is 1.29. The number of nitrogens with zero attached hydrogens (tertiary/aromatic N) is 3. The first-order valence-electron chi connectivity index (χ1n) is 5.78. The topological polar surface area (TPSA) is 92.9 Å². The molecule has 21 heavy (non-hydrogen) atoms. The minimum atomic E-state index is -4.60. The smallest absolute Gasteiger partial charge is 0.351 e. The van der Waals surface area contributed by atoms with E-state index >= 15 is 0 Å². The fraction of sp³-hybridized carbons (Fsp3) is 0.400. The molecule has 2 aromatic rings. The van der Waals surface area contributed by atoms with Gasteiger partial charge in [0.15, 0.2) is 0 Å². The highest BCUT2D eigenvalue weighted by Gasteiger charge is 2.36. The number of anilines is 1. The largest absolute Gasteiger partial charge is 0.452 e. The van der Waals surface area contributed by atoms with Crippen LogP contribution in [0.4, 0.5) is 23.1 Å². The molecular formula is C10H10F3N5O2S. The summed E-state index contributed by atoms with van der Waals surface area (Å²) in [7, 11) is 0. The molecule has 0 bridgehead atoms. The summed E-state index contributed by atoms with van der Waals surface area (Å²) in [6.07, 6.45) is -3.91. The van der Waals surface area contributed by atoms with Crippen LogP contribution in [0, 0.1) is 0 Å². The van der Waals surface area contributed by atoms with Gasteiger partial charge in [-0.2, -0.15) is 13.2 Å². The molecule has 2 rings (SSSR count). The van der Waals surface area contributed by atoms with Crippen molar-refractivity contribution in [2.24, 2.45) is 0 Å². The summed E-state index contributed by atoms with van der Waals surface area (Å²) in [5, 5.41) is 16.6. The summed E-state index contributed by atoms with van der Waals surface area (Å²) < 4.78 is 41.0. The predicted octanol–water partition coefficient (Wildman–Crippen LogP) is 2.43. The highest BCUT2D eigenvalue weighted by Crippen LogP contribution is 2.29. The van der Waals surface area contributed by atoms with Gasteiger partial charge in [-0.15, -0.1) is 10.2 Å². The standard InChI is InChI=1S/C10H10F3N5O2S/c1-2-7-16-17-9(21-7)15-8(19)14-4-5-3-6(20-18-5)10(11,12)13/h3H,2,4H2,1H3,(H2,14,15,17,19). The van der Waals surface area contributed by atoms with Crippen LogP contribution in [-0.2, 0) is 19.1 Å². The highest BCUT2D eigenvalue weighted by atomic mass is 32.1. The van der Waals surface area contributed by atoms with Crippen molar-refractivity contribution in [2.75, 3.05) is 5.32 Å². The van der Waals surface area contributed by atoms with E-state index in [-0.39, 0.29) is 12.2 Å². The molecule has 0 aliphatic rings. The van der Waals surface area contributed by atoms with Crippen molar-refractivity contribution < 1.29 is 22.5 Å². The van der Waals surface area contributed by atoms with Gasteiger partial charge >= 0.3 is 12.2 Å². The van der Waals surface area contributed by atoms with Crippen LogP contribution in [0.15, 0.2) is 10.6 Å². The molecule has 0 unspecified atom stereocenters. The number of aromatic nitrogens is 3. The number of hydrogen-bond acceptors (Lipinski definition) is 6. The Morgan fingerprint density at radius 3 is 2.76 bits per heavy atom. The lowest BCUT2D eigenvalue weighted by atomic mass is 10.3. The van der Waals surface area contributed by atoms with Crippen molar-refractivity contribution in [3.05, 3.63) is 22.5 Å². The summed E-state index contributed by atoms with van der Waals surface area (Å²) in [6, 6.07) is 0.103. The molecule has 0 aliphatic heterocycles. The number of amides is 2.